The number of esters is 1. The summed E-state index contributed by atoms with van der Waals surface area (Å²) in [5, 5.41) is 9.37. The van der Waals surface area contributed by atoms with Crippen LogP contribution >= 0.6 is 0 Å². The fourth-order valence-electron chi connectivity index (χ4n) is 2.08. The van der Waals surface area contributed by atoms with Gasteiger partial charge in [-0.25, -0.2) is 4.79 Å². The van der Waals surface area contributed by atoms with Crippen LogP contribution in [0.3, 0.4) is 0 Å². The number of carbonyl (C=O) groups excluding carboxylic acids is 1. The first-order chi connectivity index (χ1) is 8.74. The molecule has 112 valence electrons. The van der Waals surface area contributed by atoms with Crippen LogP contribution in [0.15, 0.2) is 0 Å². The summed E-state index contributed by atoms with van der Waals surface area (Å²) in [4.78, 5) is 26.9. The number of ether oxygens (including phenoxy) is 1. The van der Waals surface area contributed by atoms with Crippen LogP contribution in [0, 0.1) is 0 Å². The molecule has 1 unspecified atom stereocenters. The lowest BCUT2D eigenvalue weighted by atomic mass is 10.1. The molecule has 0 aromatic rings. The molecule has 0 rings (SSSR count). The number of aliphatic carboxylic acids is 1. The smallest absolute Gasteiger partial charge is 0.363 e. The highest BCUT2D eigenvalue weighted by atomic mass is 16.6. The van der Waals surface area contributed by atoms with Crippen molar-refractivity contribution in [1.82, 2.24) is 9.80 Å². The van der Waals surface area contributed by atoms with Crippen molar-refractivity contribution in [1.29, 1.82) is 0 Å². The zero-order chi connectivity index (χ0) is 15.2. The maximum atomic E-state index is 12.1. The molecule has 0 aromatic heterocycles. The van der Waals surface area contributed by atoms with Gasteiger partial charge in [0.1, 0.15) is 6.04 Å². The Balaban J connectivity index is 5.14. The second-order valence-electron chi connectivity index (χ2n) is 4.77. The summed E-state index contributed by atoms with van der Waals surface area (Å²) in [5.41, 5.74) is -1.62. The van der Waals surface area contributed by atoms with Gasteiger partial charge in [0.25, 0.3) is 5.72 Å². The Labute approximate surface area is 115 Å². The van der Waals surface area contributed by atoms with E-state index in [9.17, 15) is 14.7 Å². The zero-order valence-electron chi connectivity index (χ0n) is 12.8. The molecule has 0 aliphatic carbocycles. The molecule has 0 fully saturated rings. The van der Waals surface area contributed by atoms with E-state index >= 15 is 0 Å². The first-order valence-corrected chi connectivity index (χ1v) is 6.62. The zero-order valence-corrected chi connectivity index (χ0v) is 12.8. The lowest BCUT2D eigenvalue weighted by molar-refractivity contribution is -0.202. The molecule has 0 aromatic carbocycles. The molecule has 19 heavy (non-hydrogen) atoms. The molecule has 0 aliphatic heterocycles. The van der Waals surface area contributed by atoms with Crippen molar-refractivity contribution in [2.24, 2.45) is 0 Å². The summed E-state index contributed by atoms with van der Waals surface area (Å²) in [6, 6.07) is -0.436. The van der Waals surface area contributed by atoms with Crippen molar-refractivity contribution in [3.05, 3.63) is 0 Å². The van der Waals surface area contributed by atoms with Crippen LogP contribution in [0.25, 0.3) is 0 Å². The molecule has 1 N–H and O–H groups in total. The quantitative estimate of drug-likeness (QED) is 0.526. The maximum Gasteiger partial charge on any atom is 0.363 e. The molecule has 0 radical (unpaired) electrons. The fraction of sp³-hybridized carbons (Fsp3) is 0.846. The third-order valence-electron chi connectivity index (χ3n) is 3.35. The number of hydrogen-bond acceptors (Lipinski definition) is 5. The van der Waals surface area contributed by atoms with Gasteiger partial charge in [0.05, 0.1) is 0 Å². The van der Waals surface area contributed by atoms with Crippen molar-refractivity contribution < 1.29 is 19.4 Å². The molecule has 6 heteroatoms. The molecule has 0 spiro atoms. The number of nitrogens with zero attached hydrogens (tertiary/aromatic N) is 2. The number of carbonyl (C=O) groups is 2. The molecular formula is C13H26N2O4. The van der Waals surface area contributed by atoms with Gasteiger partial charge in [-0.15, -0.1) is 0 Å². The van der Waals surface area contributed by atoms with Crippen molar-refractivity contribution >= 4 is 11.9 Å². The Morgan fingerprint density at radius 2 is 1.68 bits per heavy atom. The predicted molar refractivity (Wildman–Crippen MR) is 72.8 cm³/mol. The predicted octanol–water partition coefficient (Wildman–Crippen LogP) is 1.01. The van der Waals surface area contributed by atoms with Crippen molar-refractivity contribution in [2.75, 3.05) is 27.2 Å². The van der Waals surface area contributed by atoms with E-state index in [1.54, 1.807) is 23.9 Å². The first kappa shape index (κ1) is 17.9. The second kappa shape index (κ2) is 7.45. The molecular weight excluding hydrogens is 248 g/mol. The molecule has 0 aliphatic rings. The first-order valence-electron chi connectivity index (χ1n) is 6.62. The summed E-state index contributed by atoms with van der Waals surface area (Å²) in [5.74, 6) is -1.66. The van der Waals surface area contributed by atoms with Gasteiger partial charge >= 0.3 is 11.9 Å². The molecule has 2 atom stereocenters. The van der Waals surface area contributed by atoms with Gasteiger partial charge in [-0.1, -0.05) is 20.8 Å². The third kappa shape index (κ3) is 4.18. The lowest BCUT2D eigenvalue weighted by Gasteiger charge is -2.37. The van der Waals surface area contributed by atoms with Gasteiger partial charge in [0.2, 0.25) is 0 Å². The van der Waals surface area contributed by atoms with E-state index in [4.69, 9.17) is 4.74 Å². The number of likely N-dealkylation sites (N-methyl/N-ethyl adjacent to an activating group) is 2. The highest BCUT2D eigenvalue weighted by Gasteiger charge is 2.43. The highest BCUT2D eigenvalue weighted by molar-refractivity contribution is 5.83. The monoisotopic (exact) mass is 274 g/mol. The van der Waals surface area contributed by atoms with Gasteiger partial charge in [-0.05, 0) is 33.6 Å². The summed E-state index contributed by atoms with van der Waals surface area (Å²) in [7, 11) is 3.54. The minimum atomic E-state index is -1.62. The minimum absolute atomic E-state index is 0.436. The van der Waals surface area contributed by atoms with Gasteiger partial charge < -0.3 is 9.84 Å². The van der Waals surface area contributed by atoms with Gasteiger partial charge in [0, 0.05) is 6.92 Å². The molecule has 0 saturated heterocycles. The van der Waals surface area contributed by atoms with Crippen LogP contribution in [-0.4, -0.2) is 65.8 Å². The fourth-order valence-corrected chi connectivity index (χ4v) is 2.08. The van der Waals surface area contributed by atoms with Crippen molar-refractivity contribution in [2.45, 2.75) is 45.9 Å². The van der Waals surface area contributed by atoms with Gasteiger partial charge in [0.15, 0.2) is 0 Å². The number of hydrogen-bond donors (Lipinski definition) is 1. The van der Waals surface area contributed by atoms with Crippen LogP contribution in [0.4, 0.5) is 0 Å². The normalized spacial score (nSPS) is 16.2. The van der Waals surface area contributed by atoms with E-state index in [0.717, 1.165) is 0 Å². The average molecular weight is 274 g/mol. The van der Waals surface area contributed by atoms with Gasteiger partial charge in [-0.3, -0.25) is 14.6 Å². The highest BCUT2D eigenvalue weighted by Crippen LogP contribution is 2.19. The Morgan fingerprint density at radius 3 is 1.95 bits per heavy atom. The Morgan fingerprint density at radius 1 is 1.21 bits per heavy atom. The number of carboxylic acids is 1. The molecule has 0 amide bonds. The summed E-state index contributed by atoms with van der Waals surface area (Å²) in [6.45, 7) is 7.93. The Bertz CT molecular complexity index is 316. The van der Waals surface area contributed by atoms with E-state index in [0.29, 0.717) is 19.5 Å². The van der Waals surface area contributed by atoms with Crippen LogP contribution in [0.1, 0.15) is 34.1 Å². The molecule has 0 saturated carbocycles. The van der Waals surface area contributed by atoms with E-state index in [1.807, 2.05) is 20.8 Å². The Kier molecular flexibility index (Phi) is 7.00. The van der Waals surface area contributed by atoms with Crippen LogP contribution in [0.5, 0.6) is 0 Å². The second-order valence-corrected chi connectivity index (χ2v) is 4.77. The third-order valence-corrected chi connectivity index (χ3v) is 3.35. The van der Waals surface area contributed by atoms with E-state index in [2.05, 4.69) is 0 Å². The standard InChI is InChI=1S/C13H26N2O4/c1-7-10(14(5)6)11(16)19-13(4,12(17)18)15(8-2)9-3/h10H,7-9H2,1-6H3,(H,17,18)/t10?,13-/m1/s1. The topological polar surface area (TPSA) is 70.1 Å². The van der Waals surface area contributed by atoms with Crippen molar-refractivity contribution in [3.8, 4) is 0 Å². The number of carboxylic acid groups (broad SMARTS) is 1. The van der Waals surface area contributed by atoms with E-state index < -0.39 is 23.7 Å². The van der Waals surface area contributed by atoms with Crippen LogP contribution in [0.2, 0.25) is 0 Å². The summed E-state index contributed by atoms with van der Waals surface area (Å²) in [6.07, 6.45) is 0.569. The summed E-state index contributed by atoms with van der Waals surface area (Å²) < 4.78 is 5.30. The lowest BCUT2D eigenvalue weighted by Crippen LogP contribution is -2.57. The van der Waals surface area contributed by atoms with Gasteiger partial charge in [-0.2, -0.15) is 0 Å². The SMILES string of the molecule is CCC(C(=O)O[C@](C)(C(=O)O)N(CC)CC)N(C)C. The largest absolute Gasteiger partial charge is 0.477 e. The minimum Gasteiger partial charge on any atom is -0.477 e. The molecule has 6 nitrogen and oxygen atoms in total. The van der Waals surface area contributed by atoms with E-state index in [1.165, 1.54) is 6.92 Å². The van der Waals surface area contributed by atoms with Crippen LogP contribution in [-0.2, 0) is 14.3 Å². The maximum absolute atomic E-state index is 12.1. The summed E-state index contributed by atoms with van der Waals surface area (Å²) >= 11 is 0. The van der Waals surface area contributed by atoms with Crippen molar-refractivity contribution in [3.63, 3.8) is 0 Å². The number of rotatable bonds is 8. The molecule has 0 bridgehead atoms. The average Bonchev–Trinajstić information content (AvgIpc) is 2.30. The van der Waals surface area contributed by atoms with E-state index in [-0.39, 0.29) is 0 Å². The Hall–Kier alpha value is -1.14. The van der Waals surface area contributed by atoms with Crippen LogP contribution < -0.4 is 0 Å². The molecule has 0 heterocycles.